The minimum Gasteiger partial charge on any atom is -0.385 e. The predicted molar refractivity (Wildman–Crippen MR) is 59.3 cm³/mol. The van der Waals surface area contributed by atoms with Crippen LogP contribution in [-0.2, 0) is 7.05 Å². The summed E-state index contributed by atoms with van der Waals surface area (Å²) in [6.45, 7) is 1.72. The molecule has 0 aliphatic rings. The van der Waals surface area contributed by atoms with Crippen LogP contribution in [0.3, 0.4) is 0 Å². The summed E-state index contributed by atoms with van der Waals surface area (Å²) in [5.74, 6) is -0.393. The Kier molecular flexibility index (Phi) is 2.65. The van der Waals surface area contributed by atoms with Gasteiger partial charge in [0.2, 0.25) is 0 Å². The number of hydrogen-bond donors (Lipinski definition) is 2. The van der Waals surface area contributed by atoms with E-state index in [1.54, 1.807) is 24.6 Å². The largest absolute Gasteiger partial charge is 0.385 e. The zero-order valence-electron chi connectivity index (χ0n) is 9.18. The minimum absolute atomic E-state index is 0.382. The van der Waals surface area contributed by atoms with Crippen LogP contribution in [0.4, 0.5) is 4.39 Å². The Morgan fingerprint density at radius 1 is 1.50 bits per heavy atom. The first-order chi connectivity index (χ1) is 7.50. The van der Waals surface area contributed by atoms with Crippen LogP contribution in [0.15, 0.2) is 18.3 Å². The summed E-state index contributed by atoms with van der Waals surface area (Å²) in [5, 5.41) is 9.88. The van der Waals surface area contributed by atoms with E-state index >= 15 is 0 Å². The van der Waals surface area contributed by atoms with E-state index in [0.29, 0.717) is 16.7 Å². The Balaban J connectivity index is 2.60. The molecule has 16 heavy (non-hydrogen) atoms. The highest BCUT2D eigenvalue weighted by Crippen LogP contribution is 2.23. The smallest absolute Gasteiger partial charge is 0.143 e. The van der Waals surface area contributed by atoms with Gasteiger partial charge in [0.25, 0.3) is 0 Å². The minimum atomic E-state index is -0.776. The number of rotatable bonds is 2. The van der Waals surface area contributed by atoms with E-state index < -0.39 is 11.9 Å². The molecule has 3 N–H and O–H groups in total. The average Bonchev–Trinajstić information content (AvgIpc) is 2.55. The standard InChI is InChI=1S/C11H14FN3O/c1-6(13)11(16)10-4-8-9(15(10)2)3-7(12)5-14-8/h3-6,11,16H,13H2,1-2H3. The lowest BCUT2D eigenvalue weighted by Crippen LogP contribution is -2.25. The lowest BCUT2D eigenvalue weighted by Gasteiger charge is -2.15. The quantitative estimate of drug-likeness (QED) is 0.801. The summed E-state index contributed by atoms with van der Waals surface area (Å²) in [5.41, 5.74) is 7.57. The number of nitrogens with zero attached hydrogens (tertiary/aromatic N) is 2. The fraction of sp³-hybridized carbons (Fsp3) is 0.364. The van der Waals surface area contributed by atoms with E-state index in [4.69, 9.17) is 5.73 Å². The van der Waals surface area contributed by atoms with E-state index in [1.165, 1.54) is 6.07 Å². The van der Waals surface area contributed by atoms with Crippen molar-refractivity contribution in [1.82, 2.24) is 9.55 Å². The molecule has 2 aromatic rings. The van der Waals surface area contributed by atoms with E-state index in [-0.39, 0.29) is 6.04 Å². The van der Waals surface area contributed by atoms with Crippen LogP contribution < -0.4 is 5.73 Å². The Morgan fingerprint density at radius 3 is 2.81 bits per heavy atom. The maximum absolute atomic E-state index is 13.0. The van der Waals surface area contributed by atoms with Crippen molar-refractivity contribution in [2.45, 2.75) is 19.1 Å². The maximum atomic E-state index is 13.0. The van der Waals surface area contributed by atoms with Crippen molar-refractivity contribution in [1.29, 1.82) is 0 Å². The van der Waals surface area contributed by atoms with E-state index in [0.717, 1.165) is 6.20 Å². The molecule has 86 valence electrons. The van der Waals surface area contributed by atoms with Crippen LogP contribution in [0.5, 0.6) is 0 Å². The molecule has 5 heteroatoms. The first-order valence-corrected chi connectivity index (χ1v) is 5.05. The Bertz CT molecular complexity index is 521. The first kappa shape index (κ1) is 11.0. The number of nitrogens with two attached hydrogens (primary N) is 1. The third-order valence-corrected chi connectivity index (χ3v) is 2.70. The van der Waals surface area contributed by atoms with Gasteiger partial charge in [0.15, 0.2) is 0 Å². The molecule has 0 amide bonds. The number of hydrogen-bond acceptors (Lipinski definition) is 3. The van der Waals surface area contributed by atoms with Gasteiger partial charge in [0, 0.05) is 19.2 Å². The molecule has 0 saturated carbocycles. The summed E-state index contributed by atoms with van der Waals surface area (Å²) in [6, 6.07) is 2.73. The molecule has 4 nitrogen and oxygen atoms in total. The summed E-state index contributed by atoms with van der Waals surface area (Å²) in [4.78, 5) is 3.96. The monoisotopic (exact) mass is 223 g/mol. The Morgan fingerprint density at radius 2 is 2.19 bits per heavy atom. The van der Waals surface area contributed by atoms with Crippen molar-refractivity contribution in [2.24, 2.45) is 12.8 Å². The maximum Gasteiger partial charge on any atom is 0.143 e. The molecule has 0 bridgehead atoms. The molecule has 0 saturated heterocycles. The number of aliphatic hydroxyl groups excluding tert-OH is 1. The second-order valence-corrected chi connectivity index (χ2v) is 3.99. The van der Waals surface area contributed by atoms with Crippen molar-refractivity contribution in [3.63, 3.8) is 0 Å². The van der Waals surface area contributed by atoms with Crippen molar-refractivity contribution in [3.05, 3.63) is 29.8 Å². The highest BCUT2D eigenvalue weighted by Gasteiger charge is 2.18. The van der Waals surface area contributed by atoms with Crippen LogP contribution in [0.25, 0.3) is 11.0 Å². The molecule has 2 unspecified atom stereocenters. The molecule has 0 spiro atoms. The van der Waals surface area contributed by atoms with Crippen molar-refractivity contribution < 1.29 is 9.50 Å². The van der Waals surface area contributed by atoms with Crippen LogP contribution in [0.1, 0.15) is 18.7 Å². The molecule has 2 aromatic heterocycles. The fourth-order valence-corrected chi connectivity index (χ4v) is 1.75. The van der Waals surface area contributed by atoms with Gasteiger partial charge in [-0.3, -0.25) is 4.98 Å². The molecule has 0 aromatic carbocycles. The second-order valence-electron chi connectivity index (χ2n) is 3.99. The van der Waals surface area contributed by atoms with Gasteiger partial charge in [0.05, 0.1) is 22.9 Å². The number of halogens is 1. The zero-order chi connectivity index (χ0) is 11.9. The molecule has 0 fully saturated rings. The van der Waals surface area contributed by atoms with Gasteiger partial charge in [-0.1, -0.05) is 0 Å². The molecule has 0 aliphatic heterocycles. The number of pyridine rings is 1. The van der Waals surface area contributed by atoms with Gasteiger partial charge in [-0.15, -0.1) is 0 Å². The zero-order valence-corrected chi connectivity index (χ0v) is 9.18. The molecule has 0 radical (unpaired) electrons. The SMILES string of the molecule is CC(N)C(O)c1cc2ncc(F)cc2n1C. The van der Waals surface area contributed by atoms with Crippen molar-refractivity contribution in [2.75, 3.05) is 0 Å². The van der Waals surface area contributed by atoms with Crippen molar-refractivity contribution in [3.8, 4) is 0 Å². The Labute approximate surface area is 92.5 Å². The van der Waals surface area contributed by atoms with Gasteiger partial charge in [-0.2, -0.15) is 0 Å². The van der Waals surface area contributed by atoms with Gasteiger partial charge in [-0.05, 0) is 13.0 Å². The van der Waals surface area contributed by atoms with Crippen LogP contribution in [0, 0.1) is 5.82 Å². The highest BCUT2D eigenvalue weighted by molar-refractivity contribution is 5.77. The van der Waals surface area contributed by atoms with E-state index in [9.17, 15) is 9.50 Å². The molecule has 0 aliphatic carbocycles. The van der Waals surface area contributed by atoms with Gasteiger partial charge in [-0.25, -0.2) is 4.39 Å². The van der Waals surface area contributed by atoms with Gasteiger partial charge < -0.3 is 15.4 Å². The third kappa shape index (κ3) is 1.68. The predicted octanol–water partition coefficient (Wildman–Crippen LogP) is 1.09. The molecule has 2 atom stereocenters. The summed E-state index contributed by atoms with van der Waals surface area (Å²) >= 11 is 0. The summed E-state index contributed by atoms with van der Waals surface area (Å²) < 4.78 is 14.7. The van der Waals surface area contributed by atoms with Gasteiger partial charge >= 0.3 is 0 Å². The number of aromatic nitrogens is 2. The van der Waals surface area contributed by atoms with E-state index in [2.05, 4.69) is 4.98 Å². The summed E-state index contributed by atoms with van der Waals surface area (Å²) in [7, 11) is 1.75. The van der Waals surface area contributed by atoms with Gasteiger partial charge in [0.1, 0.15) is 11.9 Å². The van der Waals surface area contributed by atoms with E-state index in [1.807, 2.05) is 0 Å². The van der Waals surface area contributed by atoms with Crippen LogP contribution in [-0.4, -0.2) is 20.7 Å². The summed E-state index contributed by atoms with van der Waals surface area (Å²) in [6.07, 6.45) is 0.381. The topological polar surface area (TPSA) is 64.1 Å². The van der Waals surface area contributed by atoms with Crippen LogP contribution >= 0.6 is 0 Å². The fourth-order valence-electron chi connectivity index (χ4n) is 1.75. The average molecular weight is 223 g/mol. The molecular formula is C11H14FN3O. The van der Waals surface area contributed by atoms with Crippen LogP contribution in [0.2, 0.25) is 0 Å². The highest BCUT2D eigenvalue weighted by atomic mass is 19.1. The number of aryl methyl sites for hydroxylation is 1. The lowest BCUT2D eigenvalue weighted by molar-refractivity contribution is 0.146. The Hall–Kier alpha value is -1.46. The normalized spacial score (nSPS) is 15.3. The first-order valence-electron chi connectivity index (χ1n) is 5.05. The molecule has 2 rings (SSSR count). The molecular weight excluding hydrogens is 209 g/mol. The number of fused-ring (bicyclic) bond motifs is 1. The number of aliphatic hydroxyl groups is 1. The third-order valence-electron chi connectivity index (χ3n) is 2.70. The second kappa shape index (κ2) is 3.84. The van der Waals surface area contributed by atoms with Crippen molar-refractivity contribution >= 4 is 11.0 Å². The lowest BCUT2D eigenvalue weighted by atomic mass is 10.1. The molecule has 2 heterocycles.